The fraction of sp³-hybridized carbons (Fsp3) is 0.167. The van der Waals surface area contributed by atoms with E-state index < -0.39 is 11.9 Å². The van der Waals surface area contributed by atoms with E-state index in [1.54, 1.807) is 19.9 Å². The number of aryl methyl sites for hydroxylation is 1. The Hall–Kier alpha value is -3.35. The van der Waals surface area contributed by atoms with Crippen molar-refractivity contribution in [1.29, 1.82) is 0 Å². The highest BCUT2D eigenvalue weighted by atomic mass is 16.5. The molecule has 0 spiro atoms. The second kappa shape index (κ2) is 7.04. The number of carbonyl (C=O) groups is 2. The van der Waals surface area contributed by atoms with Crippen LogP contribution in [0.2, 0.25) is 0 Å². The van der Waals surface area contributed by atoms with Crippen molar-refractivity contribution in [1.82, 2.24) is 9.78 Å². The largest absolute Gasteiger partial charge is 0.469 e. The molecule has 7 nitrogen and oxygen atoms in total. The number of hydrogen-bond acceptors (Lipinski definition) is 5. The highest BCUT2D eigenvalue weighted by Crippen LogP contribution is 2.22. The van der Waals surface area contributed by atoms with Crippen molar-refractivity contribution in [3.8, 4) is 5.69 Å². The lowest BCUT2D eigenvalue weighted by Crippen LogP contribution is -2.18. The summed E-state index contributed by atoms with van der Waals surface area (Å²) in [6, 6.07) is 10.8. The Kier molecular flexibility index (Phi) is 4.65. The van der Waals surface area contributed by atoms with Crippen molar-refractivity contribution in [2.24, 2.45) is 0 Å². The minimum atomic E-state index is -0.552. The highest BCUT2D eigenvalue weighted by Gasteiger charge is 2.23. The molecule has 1 N–H and O–H groups in total. The first-order valence-corrected chi connectivity index (χ1v) is 7.77. The zero-order valence-electron chi connectivity index (χ0n) is 13.9. The van der Waals surface area contributed by atoms with Crippen LogP contribution < -0.4 is 5.32 Å². The number of carbonyl (C=O) groups excluding carboxylic acids is 2. The molecule has 7 heteroatoms. The van der Waals surface area contributed by atoms with Crippen LogP contribution in [0.4, 0.5) is 5.82 Å². The lowest BCUT2D eigenvalue weighted by molar-refractivity contribution is 0.0527. The van der Waals surface area contributed by atoms with Gasteiger partial charge in [-0.2, -0.15) is 5.10 Å². The van der Waals surface area contributed by atoms with E-state index in [1.807, 2.05) is 30.3 Å². The number of nitrogens with zero attached hydrogens (tertiary/aromatic N) is 2. The number of nitrogens with one attached hydrogen (secondary N) is 1. The van der Waals surface area contributed by atoms with Gasteiger partial charge in [-0.15, -0.1) is 0 Å². The topological polar surface area (TPSA) is 86.4 Å². The second-order valence-electron chi connectivity index (χ2n) is 5.22. The molecule has 25 heavy (non-hydrogen) atoms. The number of amides is 1. The number of esters is 1. The number of para-hydroxylation sites is 1. The molecule has 0 aliphatic rings. The van der Waals surface area contributed by atoms with E-state index in [0.717, 1.165) is 0 Å². The zero-order chi connectivity index (χ0) is 17.8. The summed E-state index contributed by atoms with van der Waals surface area (Å²) in [7, 11) is 0. The molecule has 0 atom stereocenters. The fourth-order valence-corrected chi connectivity index (χ4v) is 2.39. The van der Waals surface area contributed by atoms with E-state index in [2.05, 4.69) is 10.4 Å². The van der Waals surface area contributed by atoms with Gasteiger partial charge in [0.15, 0.2) is 5.82 Å². The molecule has 128 valence electrons. The molecule has 2 aromatic heterocycles. The Bertz CT molecular complexity index is 896. The molecule has 3 aromatic rings. The van der Waals surface area contributed by atoms with Gasteiger partial charge in [-0.3, -0.25) is 4.79 Å². The number of rotatable bonds is 5. The Morgan fingerprint density at radius 3 is 2.60 bits per heavy atom. The van der Waals surface area contributed by atoms with Gasteiger partial charge >= 0.3 is 5.97 Å². The number of furan rings is 1. The molecule has 0 bridgehead atoms. The molecule has 1 aromatic carbocycles. The SMILES string of the molecule is CCOC(=O)c1cnn(-c2ccccc2)c1NC(=O)c1ccoc1C. The Balaban J connectivity index is 2.02. The number of aromatic nitrogens is 2. The normalized spacial score (nSPS) is 10.5. The minimum Gasteiger partial charge on any atom is -0.469 e. The number of benzene rings is 1. The fourth-order valence-electron chi connectivity index (χ4n) is 2.39. The van der Waals surface area contributed by atoms with Gasteiger partial charge in [0, 0.05) is 0 Å². The maximum Gasteiger partial charge on any atom is 0.343 e. The molecule has 0 aliphatic carbocycles. The third-order valence-electron chi connectivity index (χ3n) is 3.60. The summed E-state index contributed by atoms with van der Waals surface area (Å²) in [4.78, 5) is 24.7. The van der Waals surface area contributed by atoms with Crippen LogP contribution in [0, 0.1) is 6.92 Å². The average Bonchev–Trinajstić information content (AvgIpc) is 3.22. The van der Waals surface area contributed by atoms with Crippen molar-refractivity contribution in [3.05, 3.63) is 65.7 Å². The van der Waals surface area contributed by atoms with E-state index >= 15 is 0 Å². The van der Waals surface area contributed by atoms with Crippen LogP contribution in [0.25, 0.3) is 5.69 Å². The first kappa shape index (κ1) is 16.5. The van der Waals surface area contributed by atoms with Crippen LogP contribution in [0.15, 0.2) is 53.3 Å². The molecule has 0 saturated carbocycles. The molecular formula is C18H17N3O4. The van der Waals surface area contributed by atoms with Crippen LogP contribution in [0.3, 0.4) is 0 Å². The van der Waals surface area contributed by atoms with Gasteiger partial charge in [-0.1, -0.05) is 18.2 Å². The quantitative estimate of drug-likeness (QED) is 0.721. The van der Waals surface area contributed by atoms with E-state index in [-0.39, 0.29) is 18.0 Å². The van der Waals surface area contributed by atoms with Crippen molar-refractivity contribution in [2.45, 2.75) is 13.8 Å². The third kappa shape index (κ3) is 3.30. The van der Waals surface area contributed by atoms with Crippen molar-refractivity contribution in [3.63, 3.8) is 0 Å². The summed E-state index contributed by atoms with van der Waals surface area (Å²) in [6.07, 6.45) is 2.81. The third-order valence-corrected chi connectivity index (χ3v) is 3.60. The van der Waals surface area contributed by atoms with Crippen LogP contribution >= 0.6 is 0 Å². The summed E-state index contributed by atoms with van der Waals surface area (Å²) in [5.74, 6) is -0.213. The molecular weight excluding hydrogens is 322 g/mol. The molecule has 0 saturated heterocycles. The predicted octanol–water partition coefficient (Wildman–Crippen LogP) is 3.20. The Morgan fingerprint density at radius 1 is 1.20 bits per heavy atom. The van der Waals surface area contributed by atoms with Crippen LogP contribution in [-0.2, 0) is 4.74 Å². The van der Waals surface area contributed by atoms with Crippen molar-refractivity contribution < 1.29 is 18.7 Å². The average molecular weight is 339 g/mol. The Labute approximate surface area is 144 Å². The van der Waals surface area contributed by atoms with E-state index in [9.17, 15) is 9.59 Å². The molecule has 2 heterocycles. The van der Waals surface area contributed by atoms with Gasteiger partial charge in [0.2, 0.25) is 0 Å². The number of anilines is 1. The van der Waals surface area contributed by atoms with Gasteiger partial charge < -0.3 is 14.5 Å². The van der Waals surface area contributed by atoms with Crippen LogP contribution in [0.5, 0.6) is 0 Å². The summed E-state index contributed by atoms with van der Waals surface area (Å²) in [5.41, 5.74) is 1.27. The maximum absolute atomic E-state index is 12.5. The van der Waals surface area contributed by atoms with Crippen LogP contribution in [0.1, 0.15) is 33.4 Å². The van der Waals surface area contributed by atoms with E-state index in [0.29, 0.717) is 17.0 Å². The van der Waals surface area contributed by atoms with Gasteiger partial charge in [0.25, 0.3) is 5.91 Å². The maximum atomic E-state index is 12.5. The van der Waals surface area contributed by atoms with Crippen LogP contribution in [-0.4, -0.2) is 28.3 Å². The van der Waals surface area contributed by atoms with E-state index in [4.69, 9.17) is 9.15 Å². The monoisotopic (exact) mass is 339 g/mol. The Morgan fingerprint density at radius 2 is 1.96 bits per heavy atom. The van der Waals surface area contributed by atoms with Crippen molar-refractivity contribution in [2.75, 3.05) is 11.9 Å². The molecule has 0 fully saturated rings. The van der Waals surface area contributed by atoms with Gasteiger partial charge in [0.1, 0.15) is 11.3 Å². The molecule has 0 unspecified atom stereocenters. The predicted molar refractivity (Wildman–Crippen MR) is 90.9 cm³/mol. The number of ether oxygens (including phenoxy) is 1. The first-order valence-electron chi connectivity index (χ1n) is 7.77. The summed E-state index contributed by atoms with van der Waals surface area (Å²) < 4.78 is 11.7. The first-order chi connectivity index (χ1) is 12.1. The van der Waals surface area contributed by atoms with Gasteiger partial charge in [0.05, 0.1) is 30.3 Å². The molecule has 3 rings (SSSR count). The molecule has 0 aliphatic heterocycles. The number of hydrogen-bond donors (Lipinski definition) is 1. The molecule has 1 amide bonds. The molecule has 0 radical (unpaired) electrons. The second-order valence-corrected chi connectivity index (χ2v) is 5.22. The zero-order valence-corrected chi connectivity index (χ0v) is 13.9. The summed E-state index contributed by atoms with van der Waals surface area (Å²) >= 11 is 0. The van der Waals surface area contributed by atoms with E-state index in [1.165, 1.54) is 17.1 Å². The lowest BCUT2D eigenvalue weighted by Gasteiger charge is -2.10. The van der Waals surface area contributed by atoms with Gasteiger partial charge in [-0.05, 0) is 32.0 Å². The minimum absolute atomic E-state index is 0.181. The summed E-state index contributed by atoms with van der Waals surface area (Å²) in [5, 5.41) is 6.97. The highest BCUT2D eigenvalue weighted by molar-refractivity contribution is 6.07. The summed E-state index contributed by atoms with van der Waals surface area (Å²) in [6.45, 7) is 3.63. The van der Waals surface area contributed by atoms with Crippen molar-refractivity contribution >= 4 is 17.7 Å². The smallest absolute Gasteiger partial charge is 0.343 e. The van der Waals surface area contributed by atoms with Gasteiger partial charge in [-0.25, -0.2) is 9.48 Å². The standard InChI is InChI=1S/C18H17N3O4/c1-3-24-18(23)15-11-19-21(13-7-5-4-6-8-13)16(15)20-17(22)14-9-10-25-12(14)2/h4-11H,3H2,1-2H3,(H,20,22). The lowest BCUT2D eigenvalue weighted by atomic mass is 10.2.